The Balaban J connectivity index is 1.52. The molecule has 5 rings (SSSR count). The summed E-state index contributed by atoms with van der Waals surface area (Å²) in [6.45, 7) is 2.57. The molecule has 0 unspecified atom stereocenters. The van der Waals surface area contributed by atoms with Crippen LogP contribution in [-0.2, 0) is 21.3 Å². The summed E-state index contributed by atoms with van der Waals surface area (Å²) in [6.07, 6.45) is 0. The van der Waals surface area contributed by atoms with E-state index in [-0.39, 0.29) is 35.6 Å². The van der Waals surface area contributed by atoms with Gasteiger partial charge in [-0.1, -0.05) is 24.3 Å². The lowest BCUT2D eigenvalue weighted by Gasteiger charge is -2.26. The topological polar surface area (TPSA) is 121 Å². The molecule has 10 nitrogen and oxygen atoms in total. The van der Waals surface area contributed by atoms with Gasteiger partial charge < -0.3 is 9.47 Å². The van der Waals surface area contributed by atoms with Crippen LogP contribution < -0.4 is 10.3 Å². The fraction of sp³-hybridized carbons (Fsp3) is 0.280. The molecule has 4 aromatic rings. The number of hydrogen-bond donors (Lipinski definition) is 0. The van der Waals surface area contributed by atoms with E-state index >= 15 is 0 Å². The van der Waals surface area contributed by atoms with Crippen LogP contribution >= 0.6 is 11.3 Å². The molecule has 3 heterocycles. The summed E-state index contributed by atoms with van der Waals surface area (Å²) in [5.41, 5.74) is 1.13. The molecule has 0 bridgehead atoms. The molecule has 0 saturated carbocycles. The maximum atomic E-state index is 13.2. The summed E-state index contributed by atoms with van der Waals surface area (Å²) in [5, 5.41) is 5.22. The predicted octanol–water partition coefficient (Wildman–Crippen LogP) is 2.74. The van der Waals surface area contributed by atoms with E-state index in [1.54, 1.807) is 26.2 Å². The minimum atomic E-state index is -3.78. The van der Waals surface area contributed by atoms with E-state index in [0.717, 1.165) is 4.68 Å². The van der Waals surface area contributed by atoms with Gasteiger partial charge in [0.15, 0.2) is 11.3 Å². The lowest BCUT2D eigenvalue weighted by Crippen LogP contribution is -2.40. The number of nitrogens with zero attached hydrogens (tertiary/aromatic N) is 4. The number of ketones is 1. The minimum Gasteiger partial charge on any atom is -0.497 e. The van der Waals surface area contributed by atoms with Gasteiger partial charge in [-0.25, -0.2) is 18.1 Å². The van der Waals surface area contributed by atoms with E-state index in [0.29, 0.717) is 39.9 Å². The summed E-state index contributed by atoms with van der Waals surface area (Å²) in [6, 6.07) is 13.1. The molecular formula is C25H24N4O6S2. The molecule has 37 heavy (non-hydrogen) atoms. The average Bonchev–Trinajstić information content (AvgIpc) is 3.32. The predicted molar refractivity (Wildman–Crippen MR) is 139 cm³/mol. The van der Waals surface area contributed by atoms with Crippen molar-refractivity contribution < 1.29 is 22.7 Å². The second-order valence-electron chi connectivity index (χ2n) is 8.42. The molecule has 1 aliphatic rings. The Morgan fingerprint density at radius 2 is 1.89 bits per heavy atom. The van der Waals surface area contributed by atoms with Crippen molar-refractivity contribution in [3.63, 3.8) is 0 Å². The number of sulfonamides is 1. The Bertz CT molecular complexity index is 1660. The van der Waals surface area contributed by atoms with Crippen molar-refractivity contribution in [1.29, 1.82) is 0 Å². The summed E-state index contributed by atoms with van der Waals surface area (Å²) < 4.78 is 39.7. The van der Waals surface area contributed by atoms with Crippen LogP contribution in [0.4, 0.5) is 0 Å². The Hall–Kier alpha value is -3.45. The molecule has 1 saturated heterocycles. The molecule has 2 aromatic heterocycles. The zero-order valence-corrected chi connectivity index (χ0v) is 21.8. The fourth-order valence-corrected chi connectivity index (χ4v) is 6.50. The highest BCUT2D eigenvalue weighted by Gasteiger charge is 2.27. The fourth-order valence-electron chi connectivity index (χ4n) is 4.13. The largest absolute Gasteiger partial charge is 0.497 e. The van der Waals surface area contributed by atoms with Gasteiger partial charge in [-0.15, -0.1) is 11.3 Å². The third-order valence-electron chi connectivity index (χ3n) is 6.01. The van der Waals surface area contributed by atoms with E-state index in [4.69, 9.17) is 9.47 Å². The zero-order chi connectivity index (χ0) is 26.2. The van der Waals surface area contributed by atoms with Crippen molar-refractivity contribution in [2.45, 2.75) is 18.4 Å². The summed E-state index contributed by atoms with van der Waals surface area (Å²) in [4.78, 5) is 30.9. The molecule has 0 spiro atoms. The third kappa shape index (κ3) is 4.92. The molecular weight excluding hydrogens is 516 g/mol. The van der Waals surface area contributed by atoms with Crippen molar-refractivity contribution in [3.05, 3.63) is 69.5 Å². The Morgan fingerprint density at radius 3 is 2.65 bits per heavy atom. The maximum absolute atomic E-state index is 13.2. The van der Waals surface area contributed by atoms with Gasteiger partial charge in [-0.3, -0.25) is 9.59 Å². The molecule has 0 aliphatic carbocycles. The van der Waals surface area contributed by atoms with Gasteiger partial charge >= 0.3 is 0 Å². The van der Waals surface area contributed by atoms with E-state index in [1.807, 2.05) is 12.1 Å². The number of aromatic nitrogens is 3. The van der Waals surface area contributed by atoms with Crippen LogP contribution in [-0.4, -0.2) is 66.7 Å². The van der Waals surface area contributed by atoms with Crippen LogP contribution in [0.2, 0.25) is 0 Å². The Labute approximate surface area is 217 Å². The Morgan fingerprint density at radius 1 is 1.14 bits per heavy atom. The molecule has 192 valence electrons. The summed E-state index contributed by atoms with van der Waals surface area (Å²) >= 11 is 1.35. The van der Waals surface area contributed by atoms with Crippen molar-refractivity contribution in [2.24, 2.45) is 0 Å². The minimum absolute atomic E-state index is 0.0169. The molecule has 12 heteroatoms. The normalized spacial score (nSPS) is 14.6. The van der Waals surface area contributed by atoms with Crippen molar-refractivity contribution in [2.75, 3.05) is 33.4 Å². The quantitative estimate of drug-likeness (QED) is 0.328. The SMILES string of the molecule is COc1cccc(-c2nn(CC(=O)c3cccc(S(=O)(=O)N4CCOCC4)c3)c(=O)c3nc(C)sc23)c1. The van der Waals surface area contributed by atoms with Gasteiger partial charge in [-0.05, 0) is 31.2 Å². The van der Waals surface area contributed by atoms with Gasteiger partial charge in [0.25, 0.3) is 5.56 Å². The number of morpholine rings is 1. The lowest BCUT2D eigenvalue weighted by atomic mass is 10.1. The number of fused-ring (bicyclic) bond motifs is 1. The maximum Gasteiger partial charge on any atom is 0.294 e. The number of carbonyl (C=O) groups is 1. The molecule has 0 radical (unpaired) electrons. The van der Waals surface area contributed by atoms with E-state index in [2.05, 4.69) is 10.1 Å². The van der Waals surface area contributed by atoms with Gasteiger partial charge in [0.1, 0.15) is 18.0 Å². The highest BCUT2D eigenvalue weighted by Crippen LogP contribution is 2.31. The van der Waals surface area contributed by atoms with Gasteiger partial charge in [-0.2, -0.15) is 9.40 Å². The van der Waals surface area contributed by atoms with Crippen LogP contribution in [0.3, 0.4) is 0 Å². The van der Waals surface area contributed by atoms with E-state index < -0.39 is 21.4 Å². The second kappa shape index (κ2) is 10.1. The number of thiazole rings is 1. The number of methoxy groups -OCH3 is 1. The van der Waals surface area contributed by atoms with E-state index in [1.165, 1.54) is 39.9 Å². The van der Waals surface area contributed by atoms with Gasteiger partial charge in [0, 0.05) is 24.2 Å². The van der Waals surface area contributed by atoms with Crippen LogP contribution in [0.1, 0.15) is 15.4 Å². The monoisotopic (exact) mass is 540 g/mol. The first-order valence-corrected chi connectivity index (χ1v) is 13.8. The van der Waals surface area contributed by atoms with Crippen LogP contribution in [0.15, 0.2) is 58.2 Å². The molecule has 1 aliphatic heterocycles. The highest BCUT2D eigenvalue weighted by molar-refractivity contribution is 7.89. The first-order chi connectivity index (χ1) is 17.8. The summed E-state index contributed by atoms with van der Waals surface area (Å²) in [5.74, 6) is 0.178. The van der Waals surface area contributed by atoms with E-state index in [9.17, 15) is 18.0 Å². The molecule has 0 amide bonds. The standard InChI is InChI=1S/C25H24N4O6S2/c1-16-26-23-24(36-16)22(18-6-3-7-19(13-18)34-2)27-29(25(23)31)15-21(30)17-5-4-8-20(14-17)37(32,33)28-9-11-35-12-10-28/h3-8,13-14H,9-12,15H2,1-2H3. The number of carbonyl (C=O) groups excluding carboxylic acids is 1. The third-order valence-corrected chi connectivity index (χ3v) is 8.88. The second-order valence-corrected chi connectivity index (χ2v) is 11.6. The Kier molecular flexibility index (Phi) is 6.90. The molecule has 1 fully saturated rings. The molecule has 2 aromatic carbocycles. The lowest BCUT2D eigenvalue weighted by molar-refractivity contribution is 0.0730. The molecule has 0 N–H and O–H groups in total. The van der Waals surface area contributed by atoms with Crippen LogP contribution in [0.5, 0.6) is 5.75 Å². The van der Waals surface area contributed by atoms with Crippen LogP contribution in [0.25, 0.3) is 21.5 Å². The molecule has 0 atom stereocenters. The van der Waals surface area contributed by atoms with Crippen LogP contribution in [0, 0.1) is 6.92 Å². The number of benzene rings is 2. The smallest absolute Gasteiger partial charge is 0.294 e. The number of ether oxygens (including phenoxy) is 2. The number of hydrogen-bond acceptors (Lipinski definition) is 9. The van der Waals surface area contributed by atoms with Crippen molar-refractivity contribution in [3.8, 4) is 17.0 Å². The van der Waals surface area contributed by atoms with Crippen molar-refractivity contribution in [1.82, 2.24) is 19.1 Å². The average molecular weight is 541 g/mol. The number of aryl methyl sites for hydroxylation is 1. The van der Waals surface area contributed by atoms with Gasteiger partial charge in [0.2, 0.25) is 10.0 Å². The summed E-state index contributed by atoms with van der Waals surface area (Å²) in [7, 11) is -2.22. The zero-order valence-electron chi connectivity index (χ0n) is 20.2. The van der Waals surface area contributed by atoms with Crippen molar-refractivity contribution >= 4 is 37.4 Å². The first-order valence-electron chi connectivity index (χ1n) is 11.5. The van der Waals surface area contributed by atoms with Gasteiger partial charge in [0.05, 0.1) is 34.9 Å². The first kappa shape index (κ1) is 25.2. The number of rotatable bonds is 7. The highest BCUT2D eigenvalue weighted by atomic mass is 32.2. The number of Topliss-reactive ketones (excluding diaryl/α,β-unsaturated/α-hetero) is 1.